The summed E-state index contributed by atoms with van der Waals surface area (Å²) in [5, 5.41) is 11.5. The average molecular weight is 535 g/mol. The lowest BCUT2D eigenvalue weighted by atomic mass is 9.94. The number of likely N-dealkylation sites (tertiary alicyclic amines) is 1. The summed E-state index contributed by atoms with van der Waals surface area (Å²) in [6.07, 6.45) is 3.65. The van der Waals surface area contributed by atoms with E-state index in [0.29, 0.717) is 50.8 Å². The maximum Gasteiger partial charge on any atom is 0.295 e. The number of carbonyl (C=O) groups excluding carboxylic acids is 2. The Morgan fingerprint density at radius 2 is 1.79 bits per heavy atom. The van der Waals surface area contributed by atoms with E-state index in [4.69, 9.17) is 14.2 Å². The summed E-state index contributed by atoms with van der Waals surface area (Å²) >= 11 is 0. The van der Waals surface area contributed by atoms with Crippen LogP contribution in [0.5, 0.6) is 11.5 Å². The zero-order chi connectivity index (χ0) is 27.8. The van der Waals surface area contributed by atoms with Crippen molar-refractivity contribution in [2.45, 2.75) is 32.7 Å². The summed E-state index contributed by atoms with van der Waals surface area (Å²) in [6, 6.07) is 12.0. The molecule has 0 aliphatic carbocycles. The topological polar surface area (TPSA) is 88.5 Å². The second-order valence-corrected chi connectivity index (χ2v) is 9.79. The molecule has 8 nitrogen and oxygen atoms in total. The van der Waals surface area contributed by atoms with Crippen molar-refractivity contribution in [1.82, 2.24) is 9.80 Å². The van der Waals surface area contributed by atoms with Crippen LogP contribution in [0.4, 0.5) is 0 Å². The minimum Gasteiger partial charge on any atom is -0.507 e. The molecular formula is C31H38N2O6. The van der Waals surface area contributed by atoms with Gasteiger partial charge in [-0.15, -0.1) is 0 Å². The maximum absolute atomic E-state index is 13.4. The van der Waals surface area contributed by atoms with Gasteiger partial charge in [-0.25, -0.2) is 0 Å². The number of amides is 1. The number of hydrogen-bond donors (Lipinski definition) is 1. The molecule has 0 bridgehead atoms. The van der Waals surface area contributed by atoms with Crippen molar-refractivity contribution in [3.63, 3.8) is 0 Å². The normalized spacial score (nSPS) is 19.3. The first-order chi connectivity index (χ1) is 18.9. The first kappa shape index (κ1) is 28.4. The fourth-order valence-corrected chi connectivity index (χ4v) is 4.90. The number of benzene rings is 2. The largest absolute Gasteiger partial charge is 0.507 e. The Balaban J connectivity index is 1.69. The Morgan fingerprint density at radius 3 is 2.46 bits per heavy atom. The molecule has 8 heteroatoms. The molecular weight excluding hydrogens is 496 g/mol. The van der Waals surface area contributed by atoms with Gasteiger partial charge in [0.05, 0.1) is 31.4 Å². The number of nitrogens with zero attached hydrogens (tertiary/aromatic N) is 2. The predicted octanol–water partition coefficient (Wildman–Crippen LogP) is 4.49. The molecule has 0 aromatic heterocycles. The lowest BCUT2D eigenvalue weighted by molar-refractivity contribution is -0.140. The fraction of sp³-hybridized carbons (Fsp3) is 0.419. The molecule has 2 heterocycles. The second-order valence-electron chi connectivity index (χ2n) is 9.79. The van der Waals surface area contributed by atoms with Crippen LogP contribution in [0.25, 0.3) is 5.76 Å². The van der Waals surface area contributed by atoms with Crippen molar-refractivity contribution in [2.75, 3.05) is 52.6 Å². The maximum atomic E-state index is 13.4. The Morgan fingerprint density at radius 1 is 1.08 bits per heavy atom. The summed E-state index contributed by atoms with van der Waals surface area (Å²) in [6.45, 7) is 12.4. The van der Waals surface area contributed by atoms with E-state index < -0.39 is 17.7 Å². The van der Waals surface area contributed by atoms with Crippen LogP contribution >= 0.6 is 0 Å². The molecule has 208 valence electrons. The third-order valence-electron chi connectivity index (χ3n) is 7.08. The van der Waals surface area contributed by atoms with E-state index in [1.165, 1.54) is 0 Å². The van der Waals surface area contributed by atoms with Gasteiger partial charge in [-0.2, -0.15) is 0 Å². The number of ketones is 1. The van der Waals surface area contributed by atoms with Gasteiger partial charge in [0.25, 0.3) is 11.7 Å². The molecule has 2 aromatic rings. The number of ether oxygens (including phenoxy) is 3. The number of Topliss-reactive ketones (excluding diaryl/α,β-unsaturated/α-hetero) is 1. The molecule has 1 amide bonds. The fourth-order valence-electron chi connectivity index (χ4n) is 4.90. The molecule has 1 atom stereocenters. The van der Waals surface area contributed by atoms with Gasteiger partial charge in [0.2, 0.25) is 0 Å². The van der Waals surface area contributed by atoms with E-state index in [2.05, 4.69) is 18.4 Å². The third kappa shape index (κ3) is 6.69. The molecule has 1 N–H and O–H groups in total. The van der Waals surface area contributed by atoms with E-state index in [0.717, 1.165) is 42.8 Å². The number of aryl methyl sites for hydroxylation is 1. The standard InChI is InChI=1S/C31H38N2O6/c1-4-6-18-39-24-9-7-23(8-10-24)28-27(29(34)26-12-11-25(21-22(26)3)38-17-5-2)30(35)31(36)33(28)14-13-32-15-19-37-20-16-32/h5,7-12,21,28,34H,2,4,6,13-20H2,1,3H3. The van der Waals surface area contributed by atoms with Crippen molar-refractivity contribution in [1.29, 1.82) is 0 Å². The number of unbranched alkanes of at least 4 members (excludes halogenated alkanes) is 1. The smallest absolute Gasteiger partial charge is 0.295 e. The Hall–Kier alpha value is -3.62. The highest BCUT2D eigenvalue weighted by atomic mass is 16.5. The van der Waals surface area contributed by atoms with Crippen LogP contribution < -0.4 is 9.47 Å². The van der Waals surface area contributed by atoms with Gasteiger partial charge < -0.3 is 24.2 Å². The van der Waals surface area contributed by atoms with Crippen molar-refractivity contribution in [3.05, 3.63) is 77.4 Å². The monoisotopic (exact) mass is 534 g/mol. The van der Waals surface area contributed by atoms with E-state index in [-0.39, 0.29) is 11.3 Å². The SMILES string of the molecule is C=CCOc1ccc(C(O)=C2C(=O)C(=O)N(CCN3CCOCC3)C2c2ccc(OCCCC)cc2)c(C)c1. The first-order valence-corrected chi connectivity index (χ1v) is 13.6. The molecule has 2 fully saturated rings. The Kier molecular flexibility index (Phi) is 9.79. The van der Waals surface area contributed by atoms with Crippen LogP contribution in [0.3, 0.4) is 0 Å². The number of rotatable bonds is 12. The summed E-state index contributed by atoms with van der Waals surface area (Å²) in [5.41, 5.74) is 2.04. The molecule has 0 saturated carbocycles. The summed E-state index contributed by atoms with van der Waals surface area (Å²) in [5.74, 6) is -0.132. The lowest BCUT2D eigenvalue weighted by Crippen LogP contribution is -2.42. The van der Waals surface area contributed by atoms with E-state index in [1.807, 2.05) is 31.2 Å². The van der Waals surface area contributed by atoms with Crippen LogP contribution in [-0.2, 0) is 14.3 Å². The molecule has 39 heavy (non-hydrogen) atoms. The zero-order valence-corrected chi connectivity index (χ0v) is 22.9. The summed E-state index contributed by atoms with van der Waals surface area (Å²) in [4.78, 5) is 30.6. The summed E-state index contributed by atoms with van der Waals surface area (Å²) in [7, 11) is 0. The highest BCUT2D eigenvalue weighted by Gasteiger charge is 2.46. The van der Waals surface area contributed by atoms with E-state index in [1.54, 1.807) is 29.2 Å². The highest BCUT2D eigenvalue weighted by molar-refractivity contribution is 6.46. The van der Waals surface area contributed by atoms with Gasteiger partial charge in [0.1, 0.15) is 23.9 Å². The molecule has 2 aliphatic rings. The first-order valence-electron chi connectivity index (χ1n) is 13.6. The zero-order valence-electron chi connectivity index (χ0n) is 22.9. The Labute approximate surface area is 230 Å². The molecule has 2 saturated heterocycles. The number of morpholine rings is 1. The van der Waals surface area contributed by atoms with Crippen molar-refractivity contribution < 1.29 is 28.9 Å². The van der Waals surface area contributed by atoms with Crippen molar-refractivity contribution >= 4 is 17.4 Å². The number of aliphatic hydroxyl groups excluding tert-OH is 1. The highest BCUT2D eigenvalue weighted by Crippen LogP contribution is 2.40. The minimum atomic E-state index is -0.716. The van der Waals surface area contributed by atoms with E-state index in [9.17, 15) is 14.7 Å². The lowest BCUT2D eigenvalue weighted by Gasteiger charge is -2.31. The third-order valence-corrected chi connectivity index (χ3v) is 7.08. The van der Waals surface area contributed by atoms with Gasteiger partial charge in [-0.3, -0.25) is 14.5 Å². The van der Waals surface area contributed by atoms with Gasteiger partial charge in [-0.1, -0.05) is 38.1 Å². The van der Waals surface area contributed by atoms with Crippen molar-refractivity contribution in [2.24, 2.45) is 0 Å². The van der Waals surface area contributed by atoms with Crippen molar-refractivity contribution in [3.8, 4) is 11.5 Å². The quantitative estimate of drug-likeness (QED) is 0.141. The van der Waals surface area contributed by atoms with Gasteiger partial charge in [0.15, 0.2) is 0 Å². The molecule has 1 unspecified atom stereocenters. The van der Waals surface area contributed by atoms with Gasteiger partial charge >= 0.3 is 0 Å². The summed E-state index contributed by atoms with van der Waals surface area (Å²) < 4.78 is 16.9. The minimum absolute atomic E-state index is 0.0875. The number of carbonyl (C=O) groups is 2. The van der Waals surface area contributed by atoms with Crippen LogP contribution in [0, 0.1) is 6.92 Å². The predicted molar refractivity (Wildman–Crippen MR) is 150 cm³/mol. The number of aliphatic hydroxyl groups is 1. The van der Waals surface area contributed by atoms with Crippen LogP contribution in [0.15, 0.2) is 60.7 Å². The van der Waals surface area contributed by atoms with Crippen LogP contribution in [0.2, 0.25) is 0 Å². The van der Waals surface area contributed by atoms with Gasteiger partial charge in [-0.05, 0) is 54.8 Å². The molecule has 0 radical (unpaired) electrons. The van der Waals surface area contributed by atoms with Crippen LogP contribution in [-0.4, -0.2) is 79.2 Å². The molecule has 4 rings (SSSR count). The molecule has 2 aliphatic heterocycles. The second kappa shape index (κ2) is 13.4. The molecule has 2 aromatic carbocycles. The Bertz CT molecular complexity index is 1200. The van der Waals surface area contributed by atoms with Gasteiger partial charge in [0, 0.05) is 31.7 Å². The van der Waals surface area contributed by atoms with Crippen LogP contribution in [0.1, 0.15) is 42.5 Å². The number of hydrogen-bond acceptors (Lipinski definition) is 7. The average Bonchev–Trinajstić information content (AvgIpc) is 3.20. The molecule has 0 spiro atoms. The van der Waals surface area contributed by atoms with E-state index >= 15 is 0 Å².